The maximum atomic E-state index is 8.43. The van der Waals surface area contributed by atoms with Crippen LogP contribution in [0.2, 0.25) is 0 Å². The first-order chi connectivity index (χ1) is 62.7. The van der Waals surface area contributed by atoms with Crippen LogP contribution in [0.4, 0.5) is 0 Å². The summed E-state index contributed by atoms with van der Waals surface area (Å²) in [5.41, 5.74) is 21.1. The van der Waals surface area contributed by atoms with E-state index in [0.717, 1.165) is 116 Å². The van der Waals surface area contributed by atoms with Crippen molar-refractivity contribution in [3.63, 3.8) is 0 Å². The molecule has 0 spiro atoms. The van der Waals surface area contributed by atoms with E-state index in [4.69, 9.17) is 76.6 Å². The Morgan fingerprint density at radius 2 is 0.444 bits per heavy atom. The van der Waals surface area contributed by atoms with Crippen molar-refractivity contribution in [1.29, 1.82) is 0 Å². The number of rotatable bonds is 12. The molecule has 0 bridgehead atoms. The van der Waals surface area contributed by atoms with Crippen LogP contribution >= 0.6 is 54.4 Å². The van der Waals surface area contributed by atoms with E-state index in [0.29, 0.717) is 30.5 Å². The molecule has 2 aromatic heterocycles. The lowest BCUT2D eigenvalue weighted by molar-refractivity contribution is -0.0000464. The summed E-state index contributed by atoms with van der Waals surface area (Å²) in [5.74, 6) is 2.81. The predicted octanol–water partition coefficient (Wildman–Crippen LogP) is 37.8. The van der Waals surface area contributed by atoms with Crippen molar-refractivity contribution in [2.24, 2.45) is 10.8 Å². The topological polar surface area (TPSA) is 148 Å². The van der Waals surface area contributed by atoms with Crippen LogP contribution in [-0.4, -0.2) is 36.6 Å². The fourth-order valence-corrected chi connectivity index (χ4v) is 21.2. The van der Waals surface area contributed by atoms with Crippen LogP contribution in [0, 0.1) is 10.8 Å². The second-order valence-corrected chi connectivity index (χ2v) is 64.1. The van der Waals surface area contributed by atoms with E-state index >= 15 is 0 Å². The molecule has 12 nitrogen and oxygen atoms in total. The van der Waals surface area contributed by atoms with E-state index in [-0.39, 0.29) is 142 Å². The molecule has 1 aliphatic rings. The second-order valence-electron chi connectivity index (χ2n) is 58.0. The Balaban J connectivity index is 0.000000357. The third-order valence-electron chi connectivity index (χ3n) is 26.6. The third kappa shape index (κ3) is 29.7. The first kappa shape index (κ1) is 124. The van der Waals surface area contributed by atoms with E-state index in [1.165, 1.54) is 44.5 Å². The number of halogens is 3. The Morgan fingerprint density at radius 1 is 0.268 bits per heavy atom. The maximum absolute atomic E-state index is 8.43. The normalized spacial score (nSPS) is 14.7. The highest BCUT2D eigenvalue weighted by atomic mass is 127. The van der Waals surface area contributed by atoms with Crippen LogP contribution in [0.15, 0.2) is 114 Å². The van der Waals surface area contributed by atoms with Gasteiger partial charge in [-0.15, -0.1) is 0 Å². The Morgan fingerprint density at radius 3 is 0.620 bits per heavy atom. The molecule has 0 unspecified atom stereocenters. The van der Waals surface area contributed by atoms with Crippen LogP contribution in [0.5, 0.6) is 23.0 Å². The minimum atomic E-state index is -2.14. The number of aliphatic hydroxyl groups excluding tert-OH is 2. The molecular weight excluding hydrogens is 1990 g/mol. The van der Waals surface area contributed by atoms with E-state index in [1.54, 1.807) is 13.8 Å². The van der Waals surface area contributed by atoms with Gasteiger partial charge in [0.05, 0.1) is 26.4 Å². The highest BCUT2D eigenvalue weighted by molar-refractivity contribution is 8.00. The molecular formula is C123H186Cl2IO12P4-. The second kappa shape index (κ2) is 42.5. The van der Waals surface area contributed by atoms with Crippen molar-refractivity contribution >= 4 is 98.3 Å². The Kier molecular flexibility index (Phi) is 37.1. The van der Waals surface area contributed by atoms with Crippen LogP contribution in [0.1, 0.15) is 456 Å². The SMILES string of the molecule is C.CC(C)(C)c1cc(-c2cc(C(C)(C)C)cc(C(C)(C)C)c2Op2oc3c(C(C)(C)C)cc(C(C)(C)C)cc3c3cc(C(C)(C)C)cc(C(C)(C)C)c3o2)c(OP(Cl)Cl)c(C(C)(C)C)c1.CC(C)(CO)CO.CC1(C)COP(Oc2c(-c3cc(C(C)(C)C)cc(C(C)(C)C)c3Op3oc4c(C(C)(C)C)cc(C(C)(C)C)cc4c4cc(C(C)(C)C)cc(C(C)(C)C)c4o3)cc(C(C)(C)C)cc2C(C)(C)C)OC1.[I-]. The highest BCUT2D eigenvalue weighted by Crippen LogP contribution is 2.61. The van der Waals surface area contributed by atoms with Crippen molar-refractivity contribution in [3.05, 3.63) is 186 Å². The lowest BCUT2D eigenvalue weighted by Gasteiger charge is -2.35. The van der Waals surface area contributed by atoms with Crippen molar-refractivity contribution in [2.45, 2.75) is 454 Å². The van der Waals surface area contributed by atoms with Gasteiger partial charge >= 0.3 is 25.1 Å². The van der Waals surface area contributed by atoms with Gasteiger partial charge in [-0.3, -0.25) is 0 Å². The molecule has 8 aromatic carbocycles. The smallest absolute Gasteiger partial charge is 0.453 e. The number of hydrogen-bond donors (Lipinski definition) is 2. The van der Waals surface area contributed by atoms with Gasteiger partial charge in [0.2, 0.25) is 0 Å². The fraction of sp³-hybridized carbons (Fsp3) is 0.610. The van der Waals surface area contributed by atoms with Gasteiger partial charge in [0.1, 0.15) is 45.3 Å². The van der Waals surface area contributed by atoms with E-state index in [2.05, 4.69) is 443 Å². The standard InChI is InChI=1S/C61H90O6P2.C56H80Cl2O4P2.C5H12O2.CH4.HI/c1-53(2,3)37-27-41(49(45(31-37)57(13,14)15)64-68-62-35-61(25,26)36-63-68)42-28-38(54(4,5)6)32-46(58(16,17)18)50(42)65-69-66-51-43(29-39(55(7,8)9)33-47(51)59(19,20)21)44-30-40(56(10,11)12)34-48(52(44)67-69)60(22,23)24;1-49(2,3)33-25-37(45(59-63(57)58)41(29-33)53(13,14)15)38-26-34(50(4,5)6)30-42(54(16,17)18)46(38)60-64-61-47-39(27-35(51(7,8)9)31-43(47)55(19,20)21)40-28-36(52(10,11)12)32-44(48(40)62-64)56(22,23)24;1-5(2,3-6)4-7;;/h27-34H,35-36H2,1-26H3;25-32H,1-24H3;6-7H,3-4H2,1-2H3;1H4;1H/p-1. The van der Waals surface area contributed by atoms with Crippen molar-refractivity contribution in [1.82, 2.24) is 0 Å². The van der Waals surface area contributed by atoms with Gasteiger partial charge in [-0.1, -0.05) is 416 Å². The van der Waals surface area contributed by atoms with Gasteiger partial charge in [0.15, 0.2) is 0 Å². The van der Waals surface area contributed by atoms with Gasteiger partial charge in [-0.05, 0) is 202 Å². The molecule has 3 heterocycles. The zero-order valence-electron chi connectivity index (χ0n) is 97.0. The lowest BCUT2D eigenvalue weighted by atomic mass is 9.75. The molecule has 1 fully saturated rings. The van der Waals surface area contributed by atoms with Gasteiger partial charge < -0.3 is 78.1 Å². The zero-order valence-corrected chi connectivity index (χ0v) is 104. The van der Waals surface area contributed by atoms with Crippen molar-refractivity contribution in [3.8, 4) is 45.3 Å². The molecule has 11 rings (SSSR count). The monoisotopic (exact) mass is 2180 g/mol. The highest BCUT2D eigenvalue weighted by Gasteiger charge is 2.42. The minimum absolute atomic E-state index is 0. The molecule has 1 saturated heterocycles. The summed E-state index contributed by atoms with van der Waals surface area (Å²) in [6.07, 6.45) is 0. The number of hydrogen-bond acceptors (Lipinski definition) is 12. The molecule has 1 aliphatic heterocycles. The molecule has 19 heteroatoms. The van der Waals surface area contributed by atoms with E-state index < -0.39 is 31.9 Å². The average Bonchev–Trinajstić information content (AvgIpc) is 1.61. The summed E-state index contributed by atoms with van der Waals surface area (Å²) in [4.78, 5) is 0. The van der Waals surface area contributed by atoms with Crippen LogP contribution in [0.3, 0.4) is 0 Å². The molecule has 0 aliphatic carbocycles. The first-order valence-electron chi connectivity index (χ1n) is 50.7. The van der Waals surface area contributed by atoms with Crippen molar-refractivity contribution in [2.75, 3.05) is 26.4 Å². The largest absolute Gasteiger partial charge is 1.00 e. The third-order valence-corrected chi connectivity index (χ3v) is 30.3. The summed E-state index contributed by atoms with van der Waals surface area (Å²) in [5, 5.41) is 21.0. The summed E-state index contributed by atoms with van der Waals surface area (Å²) in [6, 6.07) is 37.2. The molecule has 0 amide bonds. The van der Waals surface area contributed by atoms with Gasteiger partial charge in [-0.25, -0.2) is 0 Å². The Labute approximate surface area is 892 Å². The molecule has 142 heavy (non-hydrogen) atoms. The number of benzene rings is 8. The average molecular weight is 2180 g/mol. The summed E-state index contributed by atoms with van der Waals surface area (Å²) < 4.78 is 71.8. The minimum Gasteiger partial charge on any atom is -1.00 e. The van der Waals surface area contributed by atoms with Crippen LogP contribution in [0.25, 0.3) is 66.1 Å². The first-order valence-corrected chi connectivity index (χ1v) is 57.0. The van der Waals surface area contributed by atoms with Crippen LogP contribution < -0.4 is 42.1 Å². The molecule has 0 saturated carbocycles. The molecule has 10 aromatic rings. The zero-order chi connectivity index (χ0) is 107. The van der Waals surface area contributed by atoms with Gasteiger partial charge in [0, 0.05) is 99.1 Å². The molecule has 0 radical (unpaired) electrons. The quantitative estimate of drug-likeness (QED) is 0.0886. The Bertz CT molecular complexity index is 6080. The molecule has 792 valence electrons. The van der Waals surface area contributed by atoms with Gasteiger partial charge in [0.25, 0.3) is 6.85 Å². The maximum Gasteiger partial charge on any atom is 0.453 e. The van der Waals surface area contributed by atoms with E-state index in [9.17, 15) is 0 Å². The number of fused-ring (bicyclic) bond motifs is 6. The summed E-state index contributed by atoms with van der Waals surface area (Å²) in [7, 11) is -5.98. The lowest BCUT2D eigenvalue weighted by Crippen LogP contribution is -3.00. The molecule has 0 atom stereocenters. The molecule has 2 N–H and O–H groups in total. The summed E-state index contributed by atoms with van der Waals surface area (Å²) in [6.45, 7) is 116. The number of aliphatic hydroxyl groups is 2. The predicted molar refractivity (Wildman–Crippen MR) is 615 cm³/mol. The Hall–Kier alpha value is -5.23. The fourth-order valence-electron chi connectivity index (χ4n) is 16.7. The van der Waals surface area contributed by atoms with E-state index in [1.807, 2.05) is 0 Å². The van der Waals surface area contributed by atoms with Crippen LogP contribution in [-0.2, 0) is 95.7 Å². The van der Waals surface area contributed by atoms with Gasteiger partial charge in [-0.2, -0.15) is 0 Å². The van der Waals surface area contributed by atoms with Crippen molar-refractivity contribution < 1.29 is 78.1 Å². The summed E-state index contributed by atoms with van der Waals surface area (Å²) >= 11 is 13.3.